The van der Waals surface area contributed by atoms with Crippen LogP contribution in [0.3, 0.4) is 0 Å². The number of nitrogens with one attached hydrogen (secondary N) is 1. The summed E-state index contributed by atoms with van der Waals surface area (Å²) in [5.41, 5.74) is 0.606. The van der Waals surface area contributed by atoms with E-state index in [4.69, 9.17) is 4.74 Å². The van der Waals surface area contributed by atoms with Crippen LogP contribution < -0.4 is 5.32 Å². The van der Waals surface area contributed by atoms with E-state index in [-0.39, 0.29) is 12.1 Å². The molecule has 1 aliphatic heterocycles. The highest BCUT2D eigenvalue weighted by Crippen LogP contribution is 2.20. The number of pyridine rings is 1. The van der Waals surface area contributed by atoms with Crippen molar-refractivity contribution in [2.75, 3.05) is 6.54 Å². The Morgan fingerprint density at radius 3 is 2.82 bits per heavy atom. The van der Waals surface area contributed by atoms with Crippen molar-refractivity contribution in [2.45, 2.75) is 64.8 Å². The number of nitrogens with zero attached hydrogens (tertiary/aromatic N) is 2. The molecule has 1 N–H and O–H groups in total. The fraction of sp³-hybridized carbons (Fsp3) is 0.647. The summed E-state index contributed by atoms with van der Waals surface area (Å²) in [5, 5.41) is 3.53. The zero-order valence-corrected chi connectivity index (χ0v) is 14.0. The maximum absolute atomic E-state index is 12.2. The Balaban J connectivity index is 1.81. The number of hydrogen-bond acceptors (Lipinski definition) is 4. The van der Waals surface area contributed by atoms with Crippen molar-refractivity contribution in [1.29, 1.82) is 0 Å². The number of amides is 1. The van der Waals surface area contributed by atoms with Crippen LogP contribution in [0, 0.1) is 0 Å². The highest BCUT2D eigenvalue weighted by Gasteiger charge is 2.31. The molecule has 1 amide bonds. The maximum Gasteiger partial charge on any atom is 0.410 e. The summed E-state index contributed by atoms with van der Waals surface area (Å²) in [5.74, 6) is 0. The number of likely N-dealkylation sites (tertiary alicyclic amines) is 1. The monoisotopic (exact) mass is 305 g/mol. The number of carbonyl (C=O) groups excluding carboxylic acids is 1. The molecule has 22 heavy (non-hydrogen) atoms. The number of carbonyl (C=O) groups is 1. The molecule has 0 aromatic carbocycles. The molecule has 5 nitrogen and oxygen atoms in total. The topological polar surface area (TPSA) is 54.5 Å². The smallest absolute Gasteiger partial charge is 0.410 e. The first kappa shape index (κ1) is 16.7. The van der Waals surface area contributed by atoms with Crippen LogP contribution in [0.25, 0.3) is 0 Å². The standard InChI is InChI=1S/C17H27N3O2/c1-13-11-14(19-12-15-7-5-6-9-18-15)8-10-20(13)16(21)22-17(2,3)4/h5-7,9,13-14,19H,8,10-12H2,1-4H3. The van der Waals surface area contributed by atoms with Crippen LogP contribution in [-0.4, -0.2) is 40.2 Å². The average Bonchev–Trinajstić information content (AvgIpc) is 2.44. The molecular weight excluding hydrogens is 278 g/mol. The molecule has 2 heterocycles. The number of hydrogen-bond donors (Lipinski definition) is 1. The van der Waals surface area contributed by atoms with E-state index in [2.05, 4.69) is 17.2 Å². The van der Waals surface area contributed by atoms with Crippen LogP contribution in [0.15, 0.2) is 24.4 Å². The van der Waals surface area contributed by atoms with Crippen LogP contribution in [0.1, 0.15) is 46.2 Å². The second-order valence-electron chi connectivity index (χ2n) is 6.95. The molecule has 1 aromatic heterocycles. The summed E-state index contributed by atoms with van der Waals surface area (Å²) >= 11 is 0. The van der Waals surface area contributed by atoms with Gasteiger partial charge >= 0.3 is 6.09 Å². The normalized spacial score (nSPS) is 22.5. The van der Waals surface area contributed by atoms with E-state index in [9.17, 15) is 4.79 Å². The van der Waals surface area contributed by atoms with Crippen LogP contribution >= 0.6 is 0 Å². The lowest BCUT2D eigenvalue weighted by atomic mass is 9.98. The zero-order valence-electron chi connectivity index (χ0n) is 14.0. The molecule has 0 radical (unpaired) electrons. The van der Waals surface area contributed by atoms with Crippen LogP contribution in [-0.2, 0) is 11.3 Å². The molecule has 2 unspecified atom stereocenters. The van der Waals surface area contributed by atoms with Gasteiger partial charge in [0, 0.05) is 31.4 Å². The molecule has 2 rings (SSSR count). The number of ether oxygens (including phenoxy) is 1. The van der Waals surface area contributed by atoms with E-state index in [0.717, 1.165) is 31.6 Å². The summed E-state index contributed by atoms with van der Waals surface area (Å²) in [7, 11) is 0. The lowest BCUT2D eigenvalue weighted by Crippen LogP contribution is -2.50. The van der Waals surface area contributed by atoms with E-state index in [1.165, 1.54) is 0 Å². The second kappa shape index (κ2) is 7.09. The van der Waals surface area contributed by atoms with Crippen molar-refractivity contribution in [3.63, 3.8) is 0 Å². The summed E-state index contributed by atoms with van der Waals surface area (Å²) in [6.45, 7) is 9.28. The Morgan fingerprint density at radius 1 is 1.45 bits per heavy atom. The quantitative estimate of drug-likeness (QED) is 0.933. The van der Waals surface area contributed by atoms with Crippen molar-refractivity contribution in [3.05, 3.63) is 30.1 Å². The maximum atomic E-state index is 12.2. The van der Waals surface area contributed by atoms with Gasteiger partial charge in [-0.1, -0.05) is 6.07 Å². The summed E-state index contributed by atoms with van der Waals surface area (Å²) in [6.07, 6.45) is 3.48. The molecule has 1 fully saturated rings. The Morgan fingerprint density at radius 2 is 2.23 bits per heavy atom. The van der Waals surface area contributed by atoms with Gasteiger partial charge in [-0.2, -0.15) is 0 Å². The first-order valence-corrected chi connectivity index (χ1v) is 7.98. The molecular formula is C17H27N3O2. The molecule has 122 valence electrons. The minimum Gasteiger partial charge on any atom is -0.444 e. The molecule has 0 bridgehead atoms. The SMILES string of the molecule is CC1CC(NCc2ccccn2)CCN1C(=O)OC(C)(C)C. The van der Waals surface area contributed by atoms with Crippen molar-refractivity contribution in [3.8, 4) is 0 Å². The minimum atomic E-state index is -0.440. The summed E-state index contributed by atoms with van der Waals surface area (Å²) in [6, 6.07) is 6.54. The molecule has 5 heteroatoms. The second-order valence-corrected chi connectivity index (χ2v) is 6.95. The van der Waals surface area contributed by atoms with Gasteiger partial charge in [0.2, 0.25) is 0 Å². The lowest BCUT2D eigenvalue weighted by Gasteiger charge is -2.38. The van der Waals surface area contributed by atoms with Crippen LogP contribution in [0.2, 0.25) is 0 Å². The lowest BCUT2D eigenvalue weighted by molar-refractivity contribution is 0.00931. The Kier molecular flexibility index (Phi) is 5.40. The van der Waals surface area contributed by atoms with Gasteiger partial charge in [0.25, 0.3) is 0 Å². The molecule has 1 saturated heterocycles. The minimum absolute atomic E-state index is 0.185. The predicted molar refractivity (Wildman–Crippen MR) is 86.5 cm³/mol. The third-order valence-corrected chi connectivity index (χ3v) is 3.80. The summed E-state index contributed by atoms with van der Waals surface area (Å²) in [4.78, 5) is 18.3. The predicted octanol–water partition coefficient (Wildman–Crippen LogP) is 2.96. The number of piperidine rings is 1. The van der Waals surface area contributed by atoms with Gasteiger partial charge < -0.3 is 15.0 Å². The van der Waals surface area contributed by atoms with E-state index < -0.39 is 5.60 Å². The molecule has 0 spiro atoms. The highest BCUT2D eigenvalue weighted by atomic mass is 16.6. The van der Waals surface area contributed by atoms with Gasteiger partial charge in [-0.05, 0) is 52.7 Å². The van der Waals surface area contributed by atoms with Crippen molar-refractivity contribution >= 4 is 6.09 Å². The average molecular weight is 305 g/mol. The van der Waals surface area contributed by atoms with Gasteiger partial charge in [0.1, 0.15) is 5.60 Å². The van der Waals surface area contributed by atoms with E-state index in [1.54, 1.807) is 0 Å². The molecule has 0 saturated carbocycles. The highest BCUT2D eigenvalue weighted by molar-refractivity contribution is 5.68. The van der Waals surface area contributed by atoms with Gasteiger partial charge in [-0.15, -0.1) is 0 Å². The van der Waals surface area contributed by atoms with Crippen molar-refractivity contribution < 1.29 is 9.53 Å². The van der Waals surface area contributed by atoms with E-state index in [1.807, 2.05) is 50.1 Å². The molecule has 2 atom stereocenters. The largest absolute Gasteiger partial charge is 0.444 e. The zero-order chi connectivity index (χ0) is 16.2. The van der Waals surface area contributed by atoms with Gasteiger partial charge in [-0.25, -0.2) is 4.79 Å². The first-order valence-electron chi connectivity index (χ1n) is 7.98. The van der Waals surface area contributed by atoms with Crippen molar-refractivity contribution in [1.82, 2.24) is 15.2 Å². The van der Waals surface area contributed by atoms with Gasteiger partial charge in [0.05, 0.1) is 5.69 Å². The van der Waals surface area contributed by atoms with Crippen molar-refractivity contribution in [2.24, 2.45) is 0 Å². The fourth-order valence-electron chi connectivity index (χ4n) is 2.70. The van der Waals surface area contributed by atoms with Gasteiger partial charge in [0.15, 0.2) is 0 Å². The van der Waals surface area contributed by atoms with E-state index >= 15 is 0 Å². The third-order valence-electron chi connectivity index (χ3n) is 3.80. The molecule has 1 aromatic rings. The Hall–Kier alpha value is -1.62. The Bertz CT molecular complexity index is 484. The molecule has 1 aliphatic rings. The first-order chi connectivity index (χ1) is 10.3. The number of rotatable bonds is 3. The number of aromatic nitrogens is 1. The Labute approximate surface area is 133 Å². The van der Waals surface area contributed by atoms with E-state index in [0.29, 0.717) is 6.04 Å². The van der Waals surface area contributed by atoms with Crippen LogP contribution in [0.4, 0.5) is 4.79 Å². The van der Waals surface area contributed by atoms with Gasteiger partial charge in [-0.3, -0.25) is 4.98 Å². The third kappa shape index (κ3) is 4.98. The summed E-state index contributed by atoms with van der Waals surface area (Å²) < 4.78 is 5.47. The molecule has 0 aliphatic carbocycles. The fourth-order valence-corrected chi connectivity index (χ4v) is 2.70. The van der Waals surface area contributed by atoms with Crippen LogP contribution in [0.5, 0.6) is 0 Å².